The predicted molar refractivity (Wildman–Crippen MR) is 57.2 cm³/mol. The summed E-state index contributed by atoms with van der Waals surface area (Å²) in [6.07, 6.45) is 0.0488. The summed E-state index contributed by atoms with van der Waals surface area (Å²) in [6, 6.07) is 6.14. The van der Waals surface area contributed by atoms with Crippen molar-refractivity contribution in [3.63, 3.8) is 0 Å². The predicted octanol–water partition coefficient (Wildman–Crippen LogP) is 1.49. The van der Waals surface area contributed by atoms with Crippen LogP contribution in [0.2, 0.25) is 0 Å². The Balaban J connectivity index is 2.43. The molecule has 0 radical (unpaired) electrons. The van der Waals surface area contributed by atoms with Gasteiger partial charge in [-0.1, -0.05) is 12.1 Å². The maximum Gasteiger partial charge on any atom is 0.406 e. The maximum absolute atomic E-state index is 10.7. The molecule has 1 N–H and O–H groups in total. The standard InChI is InChI=1S/C10H12N2O4/c1-11-10(13)16-7-6-8-2-4-9(5-3-8)12(14)15/h2-5H,6-7H2,1H3,(H,11,13). The van der Waals surface area contributed by atoms with E-state index < -0.39 is 11.0 Å². The number of alkyl carbamates (subject to hydrolysis) is 1. The number of carbonyl (C=O) groups excluding carboxylic acids is 1. The first-order valence-corrected chi connectivity index (χ1v) is 4.71. The highest BCUT2D eigenvalue weighted by atomic mass is 16.6. The normalized spacial score (nSPS) is 9.56. The van der Waals surface area contributed by atoms with Crippen LogP contribution in [0.1, 0.15) is 5.56 Å². The molecule has 0 fully saturated rings. The van der Waals surface area contributed by atoms with Crippen LogP contribution >= 0.6 is 0 Å². The van der Waals surface area contributed by atoms with E-state index in [2.05, 4.69) is 5.32 Å². The Morgan fingerprint density at radius 3 is 2.56 bits per heavy atom. The van der Waals surface area contributed by atoms with Crippen LogP contribution in [-0.2, 0) is 11.2 Å². The lowest BCUT2D eigenvalue weighted by atomic mass is 10.1. The van der Waals surface area contributed by atoms with Gasteiger partial charge in [0.15, 0.2) is 0 Å². The summed E-state index contributed by atoms with van der Waals surface area (Å²) in [7, 11) is 1.48. The summed E-state index contributed by atoms with van der Waals surface area (Å²) < 4.78 is 4.79. The Hall–Kier alpha value is -2.11. The topological polar surface area (TPSA) is 81.5 Å². The summed E-state index contributed by atoms with van der Waals surface area (Å²) in [5.41, 5.74) is 0.936. The van der Waals surface area contributed by atoms with Crippen molar-refractivity contribution in [2.75, 3.05) is 13.7 Å². The van der Waals surface area contributed by atoms with E-state index in [9.17, 15) is 14.9 Å². The van der Waals surface area contributed by atoms with Crippen molar-refractivity contribution in [2.24, 2.45) is 0 Å². The molecule has 0 atom stereocenters. The molecule has 0 spiro atoms. The molecule has 0 aliphatic heterocycles. The zero-order valence-corrected chi connectivity index (χ0v) is 8.80. The molecule has 0 bridgehead atoms. The van der Waals surface area contributed by atoms with Crippen molar-refractivity contribution in [2.45, 2.75) is 6.42 Å². The van der Waals surface area contributed by atoms with Crippen LogP contribution in [0.15, 0.2) is 24.3 Å². The number of benzene rings is 1. The fourth-order valence-electron chi connectivity index (χ4n) is 1.12. The Morgan fingerprint density at radius 2 is 2.06 bits per heavy atom. The van der Waals surface area contributed by atoms with E-state index in [0.717, 1.165) is 5.56 Å². The number of nitro groups is 1. The van der Waals surface area contributed by atoms with Crippen molar-refractivity contribution < 1.29 is 14.5 Å². The lowest BCUT2D eigenvalue weighted by molar-refractivity contribution is -0.384. The van der Waals surface area contributed by atoms with Crippen molar-refractivity contribution >= 4 is 11.8 Å². The summed E-state index contributed by atoms with van der Waals surface area (Å²) in [6.45, 7) is 0.248. The molecule has 0 unspecified atom stereocenters. The Kier molecular flexibility index (Phi) is 4.26. The minimum absolute atomic E-state index is 0.0518. The quantitative estimate of drug-likeness (QED) is 0.620. The number of ether oxygens (including phenoxy) is 1. The Morgan fingerprint density at radius 1 is 1.44 bits per heavy atom. The Labute approximate surface area is 92.4 Å². The number of rotatable bonds is 4. The van der Waals surface area contributed by atoms with Gasteiger partial charge in [0, 0.05) is 25.6 Å². The van der Waals surface area contributed by atoms with Gasteiger partial charge >= 0.3 is 6.09 Å². The average molecular weight is 224 g/mol. The van der Waals surface area contributed by atoms with E-state index in [4.69, 9.17) is 4.74 Å². The van der Waals surface area contributed by atoms with Crippen LogP contribution in [0, 0.1) is 10.1 Å². The highest BCUT2D eigenvalue weighted by Crippen LogP contribution is 2.12. The summed E-state index contributed by atoms with van der Waals surface area (Å²) >= 11 is 0. The molecule has 16 heavy (non-hydrogen) atoms. The van der Waals surface area contributed by atoms with Gasteiger partial charge < -0.3 is 10.1 Å². The molecule has 1 aromatic rings. The zero-order valence-electron chi connectivity index (χ0n) is 8.80. The van der Waals surface area contributed by atoms with E-state index in [1.807, 2.05) is 0 Å². The number of nitrogens with one attached hydrogen (secondary N) is 1. The second kappa shape index (κ2) is 5.69. The molecule has 0 saturated heterocycles. The molecule has 0 heterocycles. The fourth-order valence-corrected chi connectivity index (χ4v) is 1.12. The van der Waals surface area contributed by atoms with Crippen LogP contribution in [0.5, 0.6) is 0 Å². The van der Waals surface area contributed by atoms with Gasteiger partial charge in [0.1, 0.15) is 0 Å². The first-order valence-electron chi connectivity index (χ1n) is 4.71. The average Bonchev–Trinajstić information content (AvgIpc) is 2.29. The van der Waals surface area contributed by atoms with Gasteiger partial charge in [-0.2, -0.15) is 0 Å². The lowest BCUT2D eigenvalue weighted by Crippen LogP contribution is -2.20. The molecule has 0 aliphatic carbocycles. The van der Waals surface area contributed by atoms with Crippen molar-refractivity contribution in [3.05, 3.63) is 39.9 Å². The van der Waals surface area contributed by atoms with Crippen molar-refractivity contribution in [1.29, 1.82) is 0 Å². The van der Waals surface area contributed by atoms with Crippen molar-refractivity contribution in [1.82, 2.24) is 5.32 Å². The third kappa shape index (κ3) is 3.56. The molecular weight excluding hydrogens is 212 g/mol. The Bertz CT molecular complexity index is 375. The molecular formula is C10H12N2O4. The third-order valence-electron chi connectivity index (χ3n) is 1.98. The van der Waals surface area contributed by atoms with Gasteiger partial charge in [-0.25, -0.2) is 4.79 Å². The monoisotopic (exact) mass is 224 g/mol. The van der Waals surface area contributed by atoms with Gasteiger partial charge in [0.05, 0.1) is 11.5 Å². The van der Waals surface area contributed by atoms with Gasteiger partial charge in [-0.05, 0) is 5.56 Å². The molecule has 6 heteroatoms. The highest BCUT2D eigenvalue weighted by Gasteiger charge is 2.04. The first kappa shape index (κ1) is 12.0. The number of carbonyl (C=O) groups is 1. The third-order valence-corrected chi connectivity index (χ3v) is 1.98. The number of hydrogen-bond donors (Lipinski definition) is 1. The highest BCUT2D eigenvalue weighted by molar-refractivity contribution is 5.66. The fraction of sp³-hybridized carbons (Fsp3) is 0.300. The maximum atomic E-state index is 10.7. The largest absolute Gasteiger partial charge is 0.449 e. The van der Waals surface area contributed by atoms with Gasteiger partial charge in [-0.15, -0.1) is 0 Å². The van der Waals surface area contributed by atoms with Crippen LogP contribution in [0.25, 0.3) is 0 Å². The summed E-state index contributed by atoms with van der Waals surface area (Å²) in [5, 5.41) is 12.7. The number of hydrogen-bond acceptors (Lipinski definition) is 4. The number of amides is 1. The summed E-state index contributed by atoms with van der Waals surface area (Å²) in [5.74, 6) is 0. The van der Waals surface area contributed by atoms with E-state index in [0.29, 0.717) is 6.42 Å². The van der Waals surface area contributed by atoms with Crippen LogP contribution < -0.4 is 5.32 Å². The molecule has 0 aliphatic rings. The number of non-ortho nitro benzene ring substituents is 1. The first-order chi connectivity index (χ1) is 7.63. The molecule has 1 amide bonds. The number of nitro benzene ring substituents is 1. The molecule has 1 aromatic carbocycles. The van der Waals surface area contributed by atoms with E-state index in [-0.39, 0.29) is 12.3 Å². The van der Waals surface area contributed by atoms with Crippen LogP contribution in [0.3, 0.4) is 0 Å². The smallest absolute Gasteiger partial charge is 0.406 e. The van der Waals surface area contributed by atoms with Gasteiger partial charge in [0.25, 0.3) is 5.69 Å². The molecule has 86 valence electrons. The van der Waals surface area contributed by atoms with E-state index in [1.165, 1.54) is 19.2 Å². The van der Waals surface area contributed by atoms with Gasteiger partial charge in [-0.3, -0.25) is 10.1 Å². The van der Waals surface area contributed by atoms with E-state index in [1.54, 1.807) is 12.1 Å². The van der Waals surface area contributed by atoms with Crippen molar-refractivity contribution in [3.8, 4) is 0 Å². The molecule has 1 rings (SSSR count). The minimum atomic E-state index is -0.484. The van der Waals surface area contributed by atoms with Crippen LogP contribution in [0.4, 0.5) is 10.5 Å². The molecule has 6 nitrogen and oxygen atoms in total. The van der Waals surface area contributed by atoms with Gasteiger partial charge in [0.2, 0.25) is 0 Å². The molecule has 0 aromatic heterocycles. The van der Waals surface area contributed by atoms with E-state index >= 15 is 0 Å². The SMILES string of the molecule is CNC(=O)OCCc1ccc([N+](=O)[O-])cc1. The number of nitrogens with zero attached hydrogens (tertiary/aromatic N) is 1. The second-order valence-electron chi connectivity index (χ2n) is 3.06. The second-order valence-corrected chi connectivity index (χ2v) is 3.06. The lowest BCUT2D eigenvalue weighted by Gasteiger charge is -2.03. The minimum Gasteiger partial charge on any atom is -0.449 e. The van der Waals surface area contributed by atoms with Crippen LogP contribution in [-0.4, -0.2) is 24.7 Å². The zero-order chi connectivity index (χ0) is 12.0. The molecule has 0 saturated carbocycles. The summed E-state index contributed by atoms with van der Waals surface area (Å²) in [4.78, 5) is 20.7.